The van der Waals surface area contributed by atoms with Crippen LogP contribution in [0.5, 0.6) is 0 Å². The van der Waals surface area contributed by atoms with Crippen LogP contribution in [-0.4, -0.2) is 17.1 Å². The number of furan rings is 1. The van der Waals surface area contributed by atoms with Crippen molar-refractivity contribution >= 4 is 37.8 Å². The van der Waals surface area contributed by atoms with Gasteiger partial charge >= 0.3 is 5.97 Å². The van der Waals surface area contributed by atoms with Crippen LogP contribution in [0.2, 0.25) is 0 Å². The highest BCUT2D eigenvalue weighted by Crippen LogP contribution is 2.26. The zero-order valence-electron chi connectivity index (χ0n) is 7.38. The van der Waals surface area contributed by atoms with Gasteiger partial charge in [0.1, 0.15) is 11.8 Å². The molecule has 1 atom stereocenters. The molecule has 78 valence electrons. The summed E-state index contributed by atoms with van der Waals surface area (Å²) in [6.07, 6.45) is 0. The molecule has 0 amide bonds. The number of rotatable bonds is 4. The van der Waals surface area contributed by atoms with E-state index in [9.17, 15) is 4.79 Å². The molecule has 14 heavy (non-hydrogen) atoms. The molecule has 0 aliphatic carbocycles. The van der Waals surface area contributed by atoms with E-state index in [0.29, 0.717) is 17.0 Å². The van der Waals surface area contributed by atoms with E-state index in [1.54, 1.807) is 13.0 Å². The van der Waals surface area contributed by atoms with Gasteiger partial charge in [-0.25, -0.2) is 0 Å². The summed E-state index contributed by atoms with van der Waals surface area (Å²) in [5.41, 5.74) is 0. The number of hydrogen-bond acceptors (Lipinski definition) is 3. The SMILES string of the molecule is CC(NCc1cc(Br)c(Br)o1)C(=O)O. The third-order valence-corrected chi connectivity index (χ3v) is 3.36. The highest BCUT2D eigenvalue weighted by molar-refractivity contribution is 9.13. The molecular weight excluding hydrogens is 318 g/mol. The second-order valence-electron chi connectivity index (χ2n) is 2.78. The second kappa shape index (κ2) is 4.95. The van der Waals surface area contributed by atoms with Crippen molar-refractivity contribution in [2.45, 2.75) is 19.5 Å². The van der Waals surface area contributed by atoms with Gasteiger partial charge in [0.15, 0.2) is 4.67 Å². The minimum atomic E-state index is -0.880. The van der Waals surface area contributed by atoms with Gasteiger partial charge in [0.25, 0.3) is 0 Å². The van der Waals surface area contributed by atoms with Crippen molar-refractivity contribution in [3.63, 3.8) is 0 Å². The van der Waals surface area contributed by atoms with Gasteiger partial charge < -0.3 is 9.52 Å². The smallest absolute Gasteiger partial charge is 0.320 e. The summed E-state index contributed by atoms with van der Waals surface area (Å²) >= 11 is 6.46. The summed E-state index contributed by atoms with van der Waals surface area (Å²) in [4.78, 5) is 10.5. The largest absolute Gasteiger partial charge is 0.480 e. The van der Waals surface area contributed by atoms with E-state index in [1.165, 1.54) is 0 Å². The summed E-state index contributed by atoms with van der Waals surface area (Å²) in [5.74, 6) is -0.202. The number of nitrogens with one attached hydrogen (secondary N) is 1. The predicted molar refractivity (Wildman–Crippen MR) is 58.0 cm³/mol. The second-order valence-corrected chi connectivity index (χ2v) is 4.35. The molecule has 4 nitrogen and oxygen atoms in total. The molecule has 1 unspecified atom stereocenters. The molecule has 0 aromatic carbocycles. The molecule has 2 N–H and O–H groups in total. The summed E-state index contributed by atoms with van der Waals surface area (Å²) in [5, 5.41) is 11.4. The van der Waals surface area contributed by atoms with E-state index in [-0.39, 0.29) is 0 Å². The Morgan fingerprint density at radius 2 is 2.36 bits per heavy atom. The zero-order chi connectivity index (χ0) is 10.7. The van der Waals surface area contributed by atoms with E-state index in [2.05, 4.69) is 37.2 Å². The van der Waals surface area contributed by atoms with Crippen molar-refractivity contribution in [2.24, 2.45) is 0 Å². The Hall–Kier alpha value is -0.330. The third-order valence-electron chi connectivity index (χ3n) is 1.65. The number of aliphatic carboxylic acids is 1. The fourth-order valence-corrected chi connectivity index (χ4v) is 1.48. The molecule has 0 aliphatic heterocycles. The fourth-order valence-electron chi connectivity index (χ4n) is 0.820. The molecular formula is C8H9Br2NO3. The third kappa shape index (κ3) is 3.11. The van der Waals surface area contributed by atoms with Gasteiger partial charge in [0, 0.05) is 0 Å². The number of carboxylic acid groups (broad SMARTS) is 1. The Kier molecular flexibility index (Phi) is 4.15. The van der Waals surface area contributed by atoms with Crippen molar-refractivity contribution in [3.05, 3.63) is 21.0 Å². The first-order valence-electron chi connectivity index (χ1n) is 3.90. The topological polar surface area (TPSA) is 62.5 Å². The Balaban J connectivity index is 2.50. The monoisotopic (exact) mass is 325 g/mol. The molecule has 0 fully saturated rings. The van der Waals surface area contributed by atoms with Crippen molar-refractivity contribution in [1.29, 1.82) is 0 Å². The molecule has 1 rings (SSSR count). The standard InChI is InChI=1S/C8H9Br2NO3/c1-4(8(12)13)11-3-5-2-6(9)7(10)14-5/h2,4,11H,3H2,1H3,(H,12,13). The van der Waals surface area contributed by atoms with Crippen LogP contribution in [0.3, 0.4) is 0 Å². The Labute approximate surface area is 97.9 Å². The minimum absolute atomic E-state index is 0.387. The van der Waals surface area contributed by atoms with Crippen LogP contribution in [0.25, 0.3) is 0 Å². The number of hydrogen-bond donors (Lipinski definition) is 2. The summed E-state index contributed by atoms with van der Waals surface area (Å²) in [6.45, 7) is 1.97. The van der Waals surface area contributed by atoms with Crippen LogP contribution in [0.15, 0.2) is 19.6 Å². The number of carboxylic acids is 1. The average molecular weight is 327 g/mol. The molecule has 0 radical (unpaired) electrons. The maximum absolute atomic E-state index is 10.5. The maximum atomic E-state index is 10.5. The Morgan fingerprint density at radius 1 is 1.71 bits per heavy atom. The minimum Gasteiger partial charge on any atom is -0.480 e. The molecule has 1 aromatic heterocycles. The highest BCUT2D eigenvalue weighted by Gasteiger charge is 2.11. The molecule has 1 aromatic rings. The first-order chi connectivity index (χ1) is 6.50. The normalized spacial score (nSPS) is 12.8. The van der Waals surface area contributed by atoms with Crippen molar-refractivity contribution < 1.29 is 14.3 Å². The van der Waals surface area contributed by atoms with E-state index >= 15 is 0 Å². The molecule has 0 spiro atoms. The number of halogens is 2. The lowest BCUT2D eigenvalue weighted by Crippen LogP contribution is -2.32. The summed E-state index contributed by atoms with van der Waals surface area (Å²) < 4.78 is 6.68. The van der Waals surface area contributed by atoms with Gasteiger partial charge in [-0.05, 0) is 44.8 Å². The fraction of sp³-hybridized carbons (Fsp3) is 0.375. The first-order valence-corrected chi connectivity index (χ1v) is 5.49. The highest BCUT2D eigenvalue weighted by atomic mass is 79.9. The van der Waals surface area contributed by atoms with Gasteiger partial charge in [0.05, 0.1) is 11.0 Å². The van der Waals surface area contributed by atoms with Crippen molar-refractivity contribution in [3.8, 4) is 0 Å². The summed E-state index contributed by atoms with van der Waals surface area (Å²) in [7, 11) is 0. The molecule has 1 heterocycles. The van der Waals surface area contributed by atoms with Crippen LogP contribution >= 0.6 is 31.9 Å². The molecule has 6 heteroatoms. The van der Waals surface area contributed by atoms with Gasteiger partial charge in [0.2, 0.25) is 0 Å². The lowest BCUT2D eigenvalue weighted by molar-refractivity contribution is -0.139. The van der Waals surface area contributed by atoms with Gasteiger partial charge in [-0.2, -0.15) is 0 Å². The van der Waals surface area contributed by atoms with Crippen LogP contribution in [0.1, 0.15) is 12.7 Å². The molecule has 0 saturated heterocycles. The quantitative estimate of drug-likeness (QED) is 0.891. The van der Waals surface area contributed by atoms with Gasteiger partial charge in [-0.3, -0.25) is 10.1 Å². The molecule has 0 bridgehead atoms. The van der Waals surface area contributed by atoms with Gasteiger partial charge in [-0.1, -0.05) is 0 Å². The first kappa shape index (κ1) is 11.7. The van der Waals surface area contributed by atoms with E-state index < -0.39 is 12.0 Å². The van der Waals surface area contributed by atoms with E-state index in [1.807, 2.05) is 0 Å². The molecule has 0 aliphatic rings. The average Bonchev–Trinajstić information content (AvgIpc) is 2.42. The molecule has 0 saturated carbocycles. The maximum Gasteiger partial charge on any atom is 0.320 e. The van der Waals surface area contributed by atoms with Crippen LogP contribution < -0.4 is 5.32 Å². The van der Waals surface area contributed by atoms with Crippen molar-refractivity contribution in [1.82, 2.24) is 5.32 Å². The van der Waals surface area contributed by atoms with E-state index in [0.717, 1.165) is 4.47 Å². The lowest BCUT2D eigenvalue weighted by atomic mass is 10.3. The predicted octanol–water partition coefficient (Wildman–Crippen LogP) is 2.37. The van der Waals surface area contributed by atoms with Crippen LogP contribution in [0.4, 0.5) is 0 Å². The Morgan fingerprint density at radius 3 is 2.79 bits per heavy atom. The zero-order valence-corrected chi connectivity index (χ0v) is 10.6. The summed E-state index contributed by atoms with van der Waals surface area (Å²) in [6, 6.07) is 1.20. The van der Waals surface area contributed by atoms with Crippen molar-refractivity contribution in [2.75, 3.05) is 0 Å². The van der Waals surface area contributed by atoms with Crippen LogP contribution in [0, 0.1) is 0 Å². The lowest BCUT2D eigenvalue weighted by Gasteiger charge is -2.06. The van der Waals surface area contributed by atoms with E-state index in [4.69, 9.17) is 9.52 Å². The van der Waals surface area contributed by atoms with Gasteiger partial charge in [-0.15, -0.1) is 0 Å². The van der Waals surface area contributed by atoms with Crippen LogP contribution in [-0.2, 0) is 11.3 Å². The number of carbonyl (C=O) groups is 1. The Bertz CT molecular complexity index is 318.